The highest BCUT2D eigenvalue weighted by atomic mass is 16.5. The second-order valence-electron chi connectivity index (χ2n) is 9.65. The minimum absolute atomic E-state index is 0.0120. The summed E-state index contributed by atoms with van der Waals surface area (Å²) in [4.78, 5) is 13.6. The summed E-state index contributed by atoms with van der Waals surface area (Å²) in [5.74, 6) is -0.476. The molecule has 34 heavy (non-hydrogen) atoms. The zero-order valence-electron chi connectivity index (χ0n) is 20.2. The molecule has 0 amide bonds. The molecular weight excluding hydrogens is 432 g/mol. The number of phenols is 3. The van der Waals surface area contributed by atoms with Crippen LogP contribution < -0.4 is 10.2 Å². The van der Waals surface area contributed by atoms with Crippen molar-refractivity contribution < 1.29 is 24.5 Å². The number of hydrogen-bond acceptors (Lipinski definition) is 6. The van der Waals surface area contributed by atoms with Crippen molar-refractivity contribution in [3.05, 3.63) is 62.9 Å². The molecule has 0 bridgehead atoms. The van der Waals surface area contributed by atoms with Crippen molar-refractivity contribution in [2.24, 2.45) is 0 Å². The van der Waals surface area contributed by atoms with Gasteiger partial charge >= 0.3 is 0 Å². The van der Waals surface area contributed by atoms with Gasteiger partial charge in [-0.1, -0.05) is 29.4 Å². The van der Waals surface area contributed by atoms with Gasteiger partial charge < -0.3 is 24.5 Å². The highest BCUT2D eigenvalue weighted by Gasteiger charge is 2.29. The molecular formula is C28H30O6. The Balaban J connectivity index is 1.89. The Hall–Kier alpha value is -3.67. The fraction of sp³-hybridized carbons (Fsp3) is 0.321. The summed E-state index contributed by atoms with van der Waals surface area (Å²) in [6.45, 7) is 9.82. The van der Waals surface area contributed by atoms with Gasteiger partial charge in [-0.3, -0.25) is 4.79 Å². The van der Waals surface area contributed by atoms with Crippen molar-refractivity contribution >= 4 is 28.0 Å². The molecule has 3 N–H and O–H groups in total. The van der Waals surface area contributed by atoms with Crippen LogP contribution in [0.2, 0.25) is 0 Å². The normalized spacial score (nSPS) is 14.8. The lowest BCUT2D eigenvalue weighted by Gasteiger charge is -2.28. The highest BCUT2D eigenvalue weighted by Crippen LogP contribution is 2.44. The fourth-order valence-corrected chi connectivity index (χ4v) is 4.21. The Morgan fingerprint density at radius 2 is 1.74 bits per heavy atom. The number of aromatic hydroxyl groups is 3. The molecule has 1 aliphatic heterocycles. The van der Waals surface area contributed by atoms with E-state index in [4.69, 9.17) is 9.15 Å². The van der Waals surface area contributed by atoms with Crippen LogP contribution in [0, 0.1) is 0 Å². The van der Waals surface area contributed by atoms with E-state index in [0.29, 0.717) is 17.5 Å². The van der Waals surface area contributed by atoms with Gasteiger partial charge in [0.2, 0.25) is 5.43 Å². The molecule has 3 aromatic rings. The van der Waals surface area contributed by atoms with Crippen molar-refractivity contribution in [1.29, 1.82) is 0 Å². The first-order valence-corrected chi connectivity index (χ1v) is 11.4. The van der Waals surface area contributed by atoms with Gasteiger partial charge in [-0.05, 0) is 60.0 Å². The standard InChI is InChI=1S/C28H30O6/c1-15(2)7-6-8-16(3)9-10-17-19(29)13-20(30)24-25(32)23-18-11-12-28(4,5)34-26(18)21(31)14-22(23)33-27(17)24/h7,9,11-14,29-31H,6,8,10H2,1-5H3/b16-9+. The molecule has 4 rings (SSSR count). The number of hydrogen-bond donors (Lipinski definition) is 3. The Morgan fingerprint density at radius 1 is 1.00 bits per heavy atom. The Morgan fingerprint density at radius 3 is 2.44 bits per heavy atom. The SMILES string of the molecule is CC(C)=CCC/C(C)=C/Cc1c(O)cc(O)c2c(=O)c3c4c(c(O)cc3oc12)OC(C)(C)C=C4. The van der Waals surface area contributed by atoms with Crippen molar-refractivity contribution in [3.8, 4) is 23.0 Å². The molecule has 6 heteroatoms. The maximum Gasteiger partial charge on any atom is 0.205 e. The van der Waals surface area contributed by atoms with E-state index in [1.807, 2.05) is 26.8 Å². The van der Waals surface area contributed by atoms with Gasteiger partial charge in [-0.25, -0.2) is 0 Å². The fourth-order valence-electron chi connectivity index (χ4n) is 4.21. The summed E-state index contributed by atoms with van der Waals surface area (Å²) in [5.41, 5.74) is 2.35. The van der Waals surface area contributed by atoms with Crippen LogP contribution in [0.3, 0.4) is 0 Å². The van der Waals surface area contributed by atoms with Crippen LogP contribution in [0.4, 0.5) is 0 Å². The zero-order chi connectivity index (χ0) is 24.8. The van der Waals surface area contributed by atoms with E-state index in [1.54, 1.807) is 12.2 Å². The Bertz CT molecular complexity index is 1450. The molecule has 0 fully saturated rings. The average molecular weight is 463 g/mol. The third-order valence-corrected chi connectivity index (χ3v) is 6.03. The minimum Gasteiger partial charge on any atom is -0.507 e. The lowest BCUT2D eigenvalue weighted by Crippen LogP contribution is -2.28. The van der Waals surface area contributed by atoms with E-state index in [2.05, 4.69) is 19.9 Å². The van der Waals surface area contributed by atoms with Crippen molar-refractivity contribution in [2.45, 2.75) is 59.5 Å². The molecule has 0 saturated carbocycles. The van der Waals surface area contributed by atoms with Gasteiger partial charge in [-0.2, -0.15) is 0 Å². The first kappa shape index (κ1) is 23.5. The predicted molar refractivity (Wildman–Crippen MR) is 135 cm³/mol. The van der Waals surface area contributed by atoms with Gasteiger partial charge in [0, 0.05) is 23.3 Å². The summed E-state index contributed by atoms with van der Waals surface area (Å²) >= 11 is 0. The molecule has 0 unspecified atom stereocenters. The van der Waals surface area contributed by atoms with Crippen LogP contribution in [0.15, 0.2) is 50.7 Å². The smallest absolute Gasteiger partial charge is 0.205 e. The first-order valence-electron chi connectivity index (χ1n) is 11.4. The monoisotopic (exact) mass is 462 g/mol. The lowest BCUT2D eigenvalue weighted by molar-refractivity contribution is 0.153. The van der Waals surface area contributed by atoms with Gasteiger partial charge in [0.25, 0.3) is 0 Å². The van der Waals surface area contributed by atoms with Crippen LogP contribution in [-0.2, 0) is 6.42 Å². The number of fused-ring (bicyclic) bond motifs is 4. The lowest BCUT2D eigenvalue weighted by atomic mass is 9.96. The molecule has 0 saturated heterocycles. The number of benzene rings is 2. The van der Waals surface area contributed by atoms with Crippen LogP contribution in [0.5, 0.6) is 23.0 Å². The first-order chi connectivity index (χ1) is 16.0. The molecule has 2 aromatic carbocycles. The third kappa shape index (κ3) is 4.28. The van der Waals surface area contributed by atoms with Crippen molar-refractivity contribution in [1.82, 2.24) is 0 Å². The third-order valence-electron chi connectivity index (χ3n) is 6.03. The van der Waals surface area contributed by atoms with Crippen molar-refractivity contribution in [3.63, 3.8) is 0 Å². The summed E-state index contributed by atoms with van der Waals surface area (Å²) in [5, 5.41) is 31.9. The van der Waals surface area contributed by atoms with Crippen LogP contribution in [0.1, 0.15) is 58.6 Å². The second-order valence-corrected chi connectivity index (χ2v) is 9.65. The van der Waals surface area contributed by atoms with E-state index >= 15 is 0 Å². The summed E-state index contributed by atoms with van der Waals surface area (Å²) in [6.07, 6.45) is 9.79. The van der Waals surface area contributed by atoms with Gasteiger partial charge in [0.05, 0.1) is 5.39 Å². The van der Waals surface area contributed by atoms with Gasteiger partial charge in [-0.15, -0.1) is 0 Å². The Kier molecular flexibility index (Phi) is 5.94. The minimum atomic E-state index is -0.647. The Labute approximate surface area is 198 Å². The maximum absolute atomic E-state index is 13.6. The molecule has 6 nitrogen and oxygen atoms in total. The van der Waals surface area contributed by atoms with E-state index in [9.17, 15) is 20.1 Å². The zero-order valence-corrected chi connectivity index (χ0v) is 20.2. The van der Waals surface area contributed by atoms with E-state index in [0.717, 1.165) is 18.4 Å². The largest absolute Gasteiger partial charge is 0.507 e. The second kappa shape index (κ2) is 8.60. The van der Waals surface area contributed by atoms with Gasteiger partial charge in [0.1, 0.15) is 33.7 Å². The summed E-state index contributed by atoms with van der Waals surface area (Å²) in [6, 6.07) is 2.52. The topological polar surface area (TPSA) is 100 Å². The number of phenolic OH excluding ortho intramolecular Hbond substituents is 3. The van der Waals surface area contributed by atoms with Gasteiger partial charge in [0.15, 0.2) is 11.5 Å². The van der Waals surface area contributed by atoms with Crippen molar-refractivity contribution in [2.75, 3.05) is 0 Å². The molecule has 1 aliphatic rings. The molecule has 0 radical (unpaired) electrons. The molecule has 1 aromatic heterocycles. The highest BCUT2D eigenvalue weighted by molar-refractivity contribution is 6.01. The van der Waals surface area contributed by atoms with Crippen LogP contribution >= 0.6 is 0 Å². The maximum atomic E-state index is 13.6. The number of allylic oxidation sites excluding steroid dienone is 4. The number of ether oxygens (including phenoxy) is 1. The van der Waals surface area contributed by atoms with E-state index in [-0.39, 0.29) is 44.9 Å². The molecule has 0 aliphatic carbocycles. The molecule has 0 spiro atoms. The predicted octanol–water partition coefficient (Wildman–Crippen LogP) is 6.48. The van der Waals surface area contributed by atoms with E-state index < -0.39 is 11.0 Å². The van der Waals surface area contributed by atoms with E-state index in [1.165, 1.54) is 17.7 Å². The molecule has 2 heterocycles. The number of rotatable bonds is 5. The van der Waals surface area contributed by atoms with Crippen LogP contribution in [0.25, 0.3) is 28.0 Å². The average Bonchev–Trinajstić information content (AvgIpc) is 2.72. The quantitative estimate of drug-likeness (QED) is 0.296. The molecule has 178 valence electrons. The summed E-state index contributed by atoms with van der Waals surface area (Å²) < 4.78 is 11.9. The summed E-state index contributed by atoms with van der Waals surface area (Å²) in [7, 11) is 0. The van der Waals surface area contributed by atoms with Crippen LogP contribution in [-0.4, -0.2) is 20.9 Å². The molecule has 0 atom stereocenters.